The van der Waals surface area contributed by atoms with E-state index >= 15 is 0 Å². The van der Waals surface area contributed by atoms with E-state index in [1.165, 1.54) is 25.7 Å². The van der Waals surface area contributed by atoms with Gasteiger partial charge in [0, 0.05) is 6.61 Å². The molecule has 1 fully saturated rings. The molecule has 1 rings (SSSR count). The SMILES string of the molecule is CCOC1CCC(P)CC1. The summed E-state index contributed by atoms with van der Waals surface area (Å²) < 4.78 is 5.52. The lowest BCUT2D eigenvalue weighted by atomic mass is 9.97. The van der Waals surface area contributed by atoms with E-state index in [1.807, 2.05) is 0 Å². The number of ether oxygens (including phenoxy) is 1. The standard InChI is InChI=1S/C8H17OP/c1-2-9-7-3-5-8(10)6-4-7/h7-8H,2-6,10H2,1H3. The van der Waals surface area contributed by atoms with E-state index < -0.39 is 0 Å². The van der Waals surface area contributed by atoms with Crippen molar-refractivity contribution in [3.8, 4) is 0 Å². The van der Waals surface area contributed by atoms with Crippen molar-refractivity contribution in [3.63, 3.8) is 0 Å². The molecule has 0 bridgehead atoms. The molecular formula is C8H17OP. The van der Waals surface area contributed by atoms with Gasteiger partial charge in [-0.15, -0.1) is 9.24 Å². The van der Waals surface area contributed by atoms with Gasteiger partial charge in [0.1, 0.15) is 0 Å². The Balaban J connectivity index is 2.13. The molecule has 0 spiro atoms. The third-order valence-electron chi connectivity index (χ3n) is 2.12. The van der Waals surface area contributed by atoms with Gasteiger partial charge in [0.25, 0.3) is 0 Å². The van der Waals surface area contributed by atoms with Gasteiger partial charge in [-0.1, -0.05) is 0 Å². The Morgan fingerprint density at radius 3 is 2.40 bits per heavy atom. The van der Waals surface area contributed by atoms with Crippen LogP contribution in [0, 0.1) is 0 Å². The smallest absolute Gasteiger partial charge is 0.0575 e. The quantitative estimate of drug-likeness (QED) is 0.563. The second-order valence-electron chi connectivity index (χ2n) is 2.99. The average molecular weight is 160 g/mol. The summed E-state index contributed by atoms with van der Waals surface area (Å²) in [5.41, 5.74) is 0.858. The second-order valence-corrected chi connectivity index (χ2v) is 3.93. The molecule has 1 aliphatic rings. The van der Waals surface area contributed by atoms with Crippen LogP contribution in [0.1, 0.15) is 32.6 Å². The van der Waals surface area contributed by atoms with Crippen LogP contribution in [0.5, 0.6) is 0 Å². The van der Waals surface area contributed by atoms with E-state index in [1.54, 1.807) is 0 Å². The zero-order valence-corrected chi connectivity index (χ0v) is 7.83. The average Bonchev–Trinajstić information content (AvgIpc) is 1.95. The summed E-state index contributed by atoms with van der Waals surface area (Å²) in [6.07, 6.45) is 5.76. The van der Waals surface area contributed by atoms with Crippen LogP contribution < -0.4 is 0 Å². The molecule has 0 radical (unpaired) electrons. The van der Waals surface area contributed by atoms with Gasteiger partial charge in [-0.25, -0.2) is 0 Å². The Labute approximate surface area is 65.7 Å². The first-order chi connectivity index (χ1) is 4.83. The second kappa shape index (κ2) is 4.31. The summed E-state index contributed by atoms with van der Waals surface area (Å²) >= 11 is 0. The van der Waals surface area contributed by atoms with Crippen molar-refractivity contribution in [3.05, 3.63) is 0 Å². The molecule has 0 heterocycles. The lowest BCUT2D eigenvalue weighted by Gasteiger charge is -2.25. The summed E-state index contributed by atoms with van der Waals surface area (Å²) in [6.45, 7) is 2.96. The first-order valence-electron chi connectivity index (χ1n) is 4.20. The predicted molar refractivity (Wildman–Crippen MR) is 47.4 cm³/mol. The van der Waals surface area contributed by atoms with Crippen LogP contribution >= 0.6 is 9.24 Å². The van der Waals surface area contributed by atoms with E-state index in [4.69, 9.17) is 4.74 Å². The molecule has 0 aliphatic heterocycles. The van der Waals surface area contributed by atoms with Crippen molar-refractivity contribution >= 4 is 9.24 Å². The molecule has 0 amide bonds. The van der Waals surface area contributed by atoms with Crippen LogP contribution in [0.15, 0.2) is 0 Å². The van der Waals surface area contributed by atoms with Gasteiger partial charge >= 0.3 is 0 Å². The Morgan fingerprint density at radius 1 is 1.30 bits per heavy atom. The van der Waals surface area contributed by atoms with Crippen molar-refractivity contribution in [1.82, 2.24) is 0 Å². The normalized spacial score (nSPS) is 34.2. The highest BCUT2D eigenvalue weighted by molar-refractivity contribution is 7.17. The summed E-state index contributed by atoms with van der Waals surface area (Å²) in [5, 5.41) is 0. The maximum Gasteiger partial charge on any atom is 0.0575 e. The molecule has 1 atom stereocenters. The molecule has 0 aromatic heterocycles. The first kappa shape index (κ1) is 8.49. The fourth-order valence-electron chi connectivity index (χ4n) is 1.49. The number of hydrogen-bond acceptors (Lipinski definition) is 1. The van der Waals surface area contributed by atoms with Crippen molar-refractivity contribution in [2.24, 2.45) is 0 Å². The predicted octanol–water partition coefficient (Wildman–Crippen LogP) is 2.21. The highest BCUT2D eigenvalue weighted by Gasteiger charge is 2.17. The van der Waals surface area contributed by atoms with Crippen molar-refractivity contribution in [2.75, 3.05) is 6.61 Å². The number of hydrogen-bond donors (Lipinski definition) is 0. The van der Waals surface area contributed by atoms with Gasteiger partial charge in [0.05, 0.1) is 6.10 Å². The molecule has 0 aromatic rings. The van der Waals surface area contributed by atoms with E-state index in [0.29, 0.717) is 6.10 Å². The highest BCUT2D eigenvalue weighted by atomic mass is 31.0. The fourth-order valence-corrected chi connectivity index (χ4v) is 1.88. The molecular weight excluding hydrogens is 143 g/mol. The minimum atomic E-state index is 0.571. The summed E-state index contributed by atoms with van der Waals surface area (Å²) in [7, 11) is 2.90. The van der Waals surface area contributed by atoms with Crippen molar-refractivity contribution in [2.45, 2.75) is 44.4 Å². The van der Waals surface area contributed by atoms with Crippen LogP contribution in [0.3, 0.4) is 0 Å². The maximum atomic E-state index is 5.52. The van der Waals surface area contributed by atoms with Crippen LogP contribution in [0.25, 0.3) is 0 Å². The van der Waals surface area contributed by atoms with Crippen molar-refractivity contribution < 1.29 is 4.74 Å². The zero-order chi connectivity index (χ0) is 7.40. The van der Waals surface area contributed by atoms with Crippen LogP contribution in [-0.2, 0) is 4.74 Å². The zero-order valence-electron chi connectivity index (χ0n) is 6.68. The molecule has 10 heavy (non-hydrogen) atoms. The molecule has 1 nitrogen and oxygen atoms in total. The Morgan fingerprint density at radius 2 is 1.90 bits per heavy atom. The first-order valence-corrected chi connectivity index (χ1v) is 4.86. The van der Waals surface area contributed by atoms with Gasteiger partial charge < -0.3 is 4.74 Å². The van der Waals surface area contributed by atoms with Gasteiger partial charge in [0.2, 0.25) is 0 Å². The molecule has 0 aromatic carbocycles. The van der Waals surface area contributed by atoms with Crippen molar-refractivity contribution in [1.29, 1.82) is 0 Å². The van der Waals surface area contributed by atoms with Crippen LogP contribution in [0.2, 0.25) is 0 Å². The fraction of sp³-hybridized carbons (Fsp3) is 1.00. The minimum Gasteiger partial charge on any atom is -0.379 e. The monoisotopic (exact) mass is 160 g/mol. The lowest BCUT2D eigenvalue weighted by Crippen LogP contribution is -2.21. The molecule has 1 aliphatic carbocycles. The summed E-state index contributed by atoms with van der Waals surface area (Å²) in [6, 6.07) is 0. The molecule has 1 saturated carbocycles. The highest BCUT2D eigenvalue weighted by Crippen LogP contribution is 2.25. The minimum absolute atomic E-state index is 0.571. The molecule has 0 N–H and O–H groups in total. The Bertz CT molecular complexity index is 87.3. The van der Waals surface area contributed by atoms with E-state index in [9.17, 15) is 0 Å². The molecule has 60 valence electrons. The number of rotatable bonds is 2. The topological polar surface area (TPSA) is 9.23 Å². The largest absolute Gasteiger partial charge is 0.379 e. The van der Waals surface area contributed by atoms with Gasteiger partial charge in [-0.2, -0.15) is 0 Å². The summed E-state index contributed by atoms with van der Waals surface area (Å²) in [5.74, 6) is 0. The van der Waals surface area contributed by atoms with Crippen LogP contribution in [0.4, 0.5) is 0 Å². The third-order valence-corrected chi connectivity index (χ3v) is 2.79. The lowest BCUT2D eigenvalue weighted by molar-refractivity contribution is 0.0379. The maximum absolute atomic E-state index is 5.52. The molecule has 0 saturated heterocycles. The van der Waals surface area contributed by atoms with Crippen LogP contribution in [-0.4, -0.2) is 18.4 Å². The Hall–Kier alpha value is 0.390. The molecule has 1 unspecified atom stereocenters. The summed E-state index contributed by atoms with van der Waals surface area (Å²) in [4.78, 5) is 0. The third kappa shape index (κ3) is 2.56. The Kier molecular flexibility index (Phi) is 3.65. The van der Waals surface area contributed by atoms with Gasteiger partial charge in [-0.3, -0.25) is 0 Å². The van der Waals surface area contributed by atoms with E-state index in [-0.39, 0.29) is 0 Å². The van der Waals surface area contributed by atoms with Gasteiger partial charge in [0.15, 0.2) is 0 Å². The van der Waals surface area contributed by atoms with Gasteiger partial charge in [-0.05, 0) is 38.3 Å². The van der Waals surface area contributed by atoms with E-state index in [2.05, 4.69) is 16.2 Å². The molecule has 2 heteroatoms. The van der Waals surface area contributed by atoms with E-state index in [0.717, 1.165) is 12.3 Å².